The first-order valence-corrected chi connectivity index (χ1v) is 7.22. The zero-order valence-corrected chi connectivity index (χ0v) is 13.5. The molecule has 0 amide bonds. The average molecular weight is 284 g/mol. The molecule has 2 rings (SSSR count). The van der Waals surface area contributed by atoms with E-state index in [0.717, 1.165) is 21.9 Å². The summed E-state index contributed by atoms with van der Waals surface area (Å²) in [7, 11) is 0. The van der Waals surface area contributed by atoms with Gasteiger partial charge in [-0.15, -0.1) is 0 Å². The molecule has 0 aliphatic carbocycles. The van der Waals surface area contributed by atoms with Crippen LogP contribution in [0, 0.1) is 0 Å². The van der Waals surface area contributed by atoms with Gasteiger partial charge in [0.25, 0.3) is 0 Å². The molecule has 2 aromatic carbocycles. The molecule has 0 spiro atoms. The largest absolute Gasteiger partial charge is 0.488 e. The van der Waals surface area contributed by atoms with E-state index in [9.17, 15) is 5.11 Å². The predicted octanol–water partition coefficient (Wildman–Crippen LogP) is 4.85. The average Bonchev–Trinajstić information content (AvgIpc) is 2.34. The summed E-state index contributed by atoms with van der Waals surface area (Å²) in [5.74, 6) is 0.690. The number of rotatable bonds is 4. The second kappa shape index (κ2) is 5.19. The second-order valence-electron chi connectivity index (χ2n) is 6.58. The van der Waals surface area contributed by atoms with Crippen molar-refractivity contribution in [2.24, 2.45) is 0 Å². The molecule has 0 saturated carbocycles. The molecule has 2 nitrogen and oxygen atoms in total. The molecule has 0 fully saturated rings. The summed E-state index contributed by atoms with van der Waals surface area (Å²) in [6, 6.07) is 12.1. The van der Waals surface area contributed by atoms with E-state index in [1.54, 1.807) is 0 Å². The lowest BCUT2D eigenvalue weighted by Crippen LogP contribution is -2.21. The van der Waals surface area contributed by atoms with Crippen molar-refractivity contribution in [1.82, 2.24) is 0 Å². The summed E-state index contributed by atoms with van der Waals surface area (Å²) >= 11 is 0. The summed E-state index contributed by atoms with van der Waals surface area (Å²) in [4.78, 5) is 0. The van der Waals surface area contributed by atoms with Gasteiger partial charge in [0, 0.05) is 5.56 Å². The van der Waals surface area contributed by atoms with Crippen LogP contribution in [0.1, 0.15) is 45.7 Å². The van der Waals surface area contributed by atoms with Gasteiger partial charge in [-0.3, -0.25) is 0 Å². The van der Waals surface area contributed by atoms with Gasteiger partial charge in [0.1, 0.15) is 5.60 Å². The Morgan fingerprint density at radius 3 is 1.90 bits per heavy atom. The molecule has 0 aliphatic heterocycles. The van der Waals surface area contributed by atoms with Crippen molar-refractivity contribution in [3.8, 4) is 0 Å². The van der Waals surface area contributed by atoms with Crippen molar-refractivity contribution in [3.63, 3.8) is 0 Å². The maximum Gasteiger partial charge on any atom is 0.128 e. The third-order valence-electron chi connectivity index (χ3n) is 3.66. The summed E-state index contributed by atoms with van der Waals surface area (Å²) in [5.41, 5.74) is 0.670. The third-order valence-corrected chi connectivity index (χ3v) is 3.66. The van der Waals surface area contributed by atoms with Gasteiger partial charge >= 0.3 is 0 Å². The number of benzene rings is 2. The van der Waals surface area contributed by atoms with Crippen LogP contribution in [-0.2, 0) is 15.9 Å². The zero-order chi connectivity index (χ0) is 15.8. The van der Waals surface area contributed by atoms with Gasteiger partial charge in [-0.2, -0.15) is 0 Å². The van der Waals surface area contributed by atoms with Crippen molar-refractivity contribution in [1.29, 1.82) is 0 Å². The number of allylic oxidation sites excluding steroid dienone is 1. The van der Waals surface area contributed by atoms with Crippen LogP contribution in [0.5, 0.6) is 0 Å². The molecule has 1 N–H and O–H groups in total. The molecule has 0 bridgehead atoms. The quantitative estimate of drug-likeness (QED) is 0.813. The van der Waals surface area contributed by atoms with Gasteiger partial charge in [0.15, 0.2) is 0 Å². The van der Waals surface area contributed by atoms with E-state index in [0.29, 0.717) is 5.76 Å². The van der Waals surface area contributed by atoms with Crippen LogP contribution in [0.2, 0.25) is 0 Å². The van der Waals surface area contributed by atoms with Gasteiger partial charge in [0.2, 0.25) is 0 Å². The Hall–Kier alpha value is -1.80. The molecule has 0 aromatic heterocycles. The fourth-order valence-electron chi connectivity index (χ4n) is 2.86. The number of fused-ring (bicyclic) bond motifs is 1. The van der Waals surface area contributed by atoms with E-state index in [1.165, 1.54) is 0 Å². The van der Waals surface area contributed by atoms with Gasteiger partial charge in [-0.25, -0.2) is 0 Å². The van der Waals surface area contributed by atoms with E-state index in [-0.39, 0.29) is 0 Å². The Morgan fingerprint density at radius 2 is 1.43 bits per heavy atom. The van der Waals surface area contributed by atoms with Crippen molar-refractivity contribution in [3.05, 3.63) is 59.9 Å². The first-order chi connectivity index (χ1) is 9.63. The van der Waals surface area contributed by atoms with Crippen molar-refractivity contribution >= 4 is 10.8 Å². The number of hydrogen-bond donors (Lipinski definition) is 1. The molecule has 0 radical (unpaired) electrons. The fraction of sp³-hybridized carbons (Fsp3) is 0.368. The van der Waals surface area contributed by atoms with Crippen LogP contribution >= 0.6 is 0 Å². The molecule has 2 heteroatoms. The lowest BCUT2D eigenvalue weighted by atomic mass is 9.87. The summed E-state index contributed by atoms with van der Waals surface area (Å²) in [6.07, 6.45) is 0. The van der Waals surface area contributed by atoms with Gasteiger partial charge in [-0.1, -0.05) is 43.0 Å². The molecule has 21 heavy (non-hydrogen) atoms. The van der Waals surface area contributed by atoms with Gasteiger partial charge in [-0.05, 0) is 51.0 Å². The normalized spacial score (nSPS) is 12.5. The molecule has 0 atom stereocenters. The van der Waals surface area contributed by atoms with Crippen molar-refractivity contribution < 1.29 is 9.84 Å². The summed E-state index contributed by atoms with van der Waals surface area (Å²) in [5, 5.41) is 12.5. The van der Waals surface area contributed by atoms with E-state index in [4.69, 9.17) is 4.74 Å². The van der Waals surface area contributed by atoms with E-state index in [1.807, 2.05) is 58.9 Å². The first kappa shape index (κ1) is 15.6. The molecule has 2 aromatic rings. The maximum absolute atomic E-state index is 10.4. The molecule has 112 valence electrons. The van der Waals surface area contributed by atoms with Crippen LogP contribution in [0.25, 0.3) is 10.8 Å². The van der Waals surface area contributed by atoms with E-state index in [2.05, 4.69) is 18.7 Å². The van der Waals surface area contributed by atoms with Crippen LogP contribution in [-0.4, -0.2) is 5.11 Å². The number of ether oxygens (including phenoxy) is 1. The monoisotopic (exact) mass is 284 g/mol. The molecule has 0 aliphatic rings. The highest BCUT2D eigenvalue weighted by molar-refractivity contribution is 5.90. The Kier molecular flexibility index (Phi) is 3.85. The predicted molar refractivity (Wildman–Crippen MR) is 88.1 cm³/mol. The van der Waals surface area contributed by atoms with Crippen molar-refractivity contribution in [2.75, 3.05) is 0 Å². The Bertz CT molecular complexity index is 676. The smallest absolute Gasteiger partial charge is 0.128 e. The number of hydrogen-bond acceptors (Lipinski definition) is 2. The van der Waals surface area contributed by atoms with E-state index >= 15 is 0 Å². The fourth-order valence-corrected chi connectivity index (χ4v) is 2.86. The molecular formula is C19H24O2. The molecule has 0 saturated heterocycles. The van der Waals surface area contributed by atoms with Crippen LogP contribution in [0.3, 0.4) is 0 Å². The van der Waals surface area contributed by atoms with Crippen LogP contribution in [0.15, 0.2) is 48.7 Å². The lowest BCUT2D eigenvalue weighted by Gasteiger charge is -2.29. The highest BCUT2D eigenvalue weighted by atomic mass is 16.5. The Balaban J connectivity index is 2.71. The number of aliphatic hydroxyl groups is 1. The highest BCUT2D eigenvalue weighted by Crippen LogP contribution is 2.36. The Labute approximate surface area is 127 Å². The molecule has 0 heterocycles. The second-order valence-corrected chi connectivity index (χ2v) is 6.58. The zero-order valence-electron chi connectivity index (χ0n) is 13.5. The topological polar surface area (TPSA) is 29.5 Å². The van der Waals surface area contributed by atoms with Crippen LogP contribution in [0.4, 0.5) is 0 Å². The SMILES string of the molecule is C=C(C)OC(C)(C)c1cccc2c(C(C)(C)O)cccc12. The van der Waals surface area contributed by atoms with Gasteiger partial charge < -0.3 is 9.84 Å². The minimum absolute atomic E-state index is 0.469. The summed E-state index contributed by atoms with van der Waals surface area (Å²) in [6.45, 7) is 13.4. The van der Waals surface area contributed by atoms with E-state index < -0.39 is 11.2 Å². The third kappa shape index (κ3) is 3.11. The molecular weight excluding hydrogens is 260 g/mol. The summed E-state index contributed by atoms with van der Waals surface area (Å²) < 4.78 is 5.90. The Morgan fingerprint density at radius 1 is 0.952 bits per heavy atom. The first-order valence-electron chi connectivity index (χ1n) is 7.22. The van der Waals surface area contributed by atoms with Crippen LogP contribution < -0.4 is 0 Å². The lowest BCUT2D eigenvalue weighted by molar-refractivity contribution is 0.0350. The minimum atomic E-state index is -0.877. The van der Waals surface area contributed by atoms with Gasteiger partial charge in [0.05, 0.1) is 11.4 Å². The minimum Gasteiger partial charge on any atom is -0.488 e. The molecule has 0 unspecified atom stereocenters. The maximum atomic E-state index is 10.4. The highest BCUT2D eigenvalue weighted by Gasteiger charge is 2.26. The van der Waals surface area contributed by atoms with Crippen molar-refractivity contribution in [2.45, 2.75) is 45.8 Å². The standard InChI is InChI=1S/C19H24O2/c1-13(2)21-19(5,6)17-12-8-9-14-15(17)10-7-11-16(14)18(3,4)20/h7-12,20H,1H2,2-6H3.